The van der Waals surface area contributed by atoms with Crippen molar-refractivity contribution in [3.05, 3.63) is 84.2 Å². The van der Waals surface area contributed by atoms with Gasteiger partial charge in [0.2, 0.25) is 11.8 Å². The minimum absolute atomic E-state index is 0.00590. The highest BCUT2D eigenvalue weighted by molar-refractivity contribution is 7.98. The third-order valence-electron chi connectivity index (χ3n) is 6.38. The summed E-state index contributed by atoms with van der Waals surface area (Å²) in [6.07, 6.45) is 2.58. The first-order valence-corrected chi connectivity index (χ1v) is 16.0. The van der Waals surface area contributed by atoms with Crippen LogP contribution in [-0.4, -0.2) is 57.1 Å². The Morgan fingerprint density at radius 3 is 2.24 bits per heavy atom. The van der Waals surface area contributed by atoms with Crippen molar-refractivity contribution in [2.45, 2.75) is 49.6 Å². The summed E-state index contributed by atoms with van der Waals surface area (Å²) in [5, 5.41) is 2.76. The van der Waals surface area contributed by atoms with Crippen LogP contribution in [0.4, 0.5) is 10.1 Å². The molecule has 0 aliphatic rings. The van der Waals surface area contributed by atoms with Gasteiger partial charge in [0.25, 0.3) is 10.0 Å². The first kappa shape index (κ1) is 32.0. The highest BCUT2D eigenvalue weighted by Crippen LogP contribution is 2.28. The zero-order valence-corrected chi connectivity index (χ0v) is 25.3. The second-order valence-electron chi connectivity index (χ2n) is 9.19. The number of hydrogen-bond donors (Lipinski definition) is 1. The number of anilines is 1. The fourth-order valence-electron chi connectivity index (χ4n) is 4.07. The highest BCUT2D eigenvalue weighted by Gasteiger charge is 2.33. The second kappa shape index (κ2) is 14.9. The van der Waals surface area contributed by atoms with Crippen LogP contribution in [0.5, 0.6) is 5.75 Å². The van der Waals surface area contributed by atoms with Crippen LogP contribution in [0.25, 0.3) is 0 Å². The number of amides is 2. The largest absolute Gasteiger partial charge is 0.494 e. The summed E-state index contributed by atoms with van der Waals surface area (Å²) in [5.74, 6) is -1.06. The first-order valence-electron chi connectivity index (χ1n) is 13.3. The molecule has 0 heterocycles. The Hall–Kier alpha value is -3.57. The fraction of sp³-hybridized carbons (Fsp3) is 0.333. The Morgan fingerprint density at radius 1 is 1.00 bits per heavy atom. The van der Waals surface area contributed by atoms with E-state index in [1.165, 1.54) is 47.0 Å². The number of nitrogens with zero attached hydrogens (tertiary/aromatic N) is 2. The number of sulfonamides is 1. The SMILES string of the molecule is CCCNC(=O)C(C)N(Cc1ccccc1F)C(=O)CN(c1ccc(OCC)cc1)S(=O)(=O)c1ccc(SC)cc1. The van der Waals surface area contributed by atoms with Crippen LogP contribution in [0.1, 0.15) is 32.8 Å². The van der Waals surface area contributed by atoms with E-state index in [2.05, 4.69) is 5.32 Å². The van der Waals surface area contributed by atoms with Crippen molar-refractivity contribution in [2.24, 2.45) is 0 Å². The zero-order chi connectivity index (χ0) is 30.0. The molecule has 1 atom stereocenters. The zero-order valence-electron chi connectivity index (χ0n) is 23.7. The number of nitrogens with one attached hydrogen (secondary N) is 1. The van der Waals surface area contributed by atoms with Gasteiger partial charge in [0.1, 0.15) is 24.2 Å². The fourth-order valence-corrected chi connectivity index (χ4v) is 5.89. The molecule has 0 spiro atoms. The van der Waals surface area contributed by atoms with Crippen molar-refractivity contribution in [1.82, 2.24) is 10.2 Å². The summed E-state index contributed by atoms with van der Waals surface area (Å²) >= 11 is 1.48. The minimum atomic E-state index is -4.21. The molecule has 0 aliphatic carbocycles. The topological polar surface area (TPSA) is 96.0 Å². The van der Waals surface area contributed by atoms with E-state index in [-0.39, 0.29) is 22.7 Å². The predicted octanol–water partition coefficient (Wildman–Crippen LogP) is 5.09. The van der Waals surface area contributed by atoms with E-state index in [9.17, 15) is 22.4 Å². The maximum absolute atomic E-state index is 14.6. The van der Waals surface area contributed by atoms with Crippen molar-refractivity contribution in [1.29, 1.82) is 0 Å². The third kappa shape index (κ3) is 8.23. The van der Waals surface area contributed by atoms with Gasteiger partial charge in [-0.05, 0) is 81.1 Å². The van der Waals surface area contributed by atoms with Gasteiger partial charge in [-0.2, -0.15) is 0 Å². The summed E-state index contributed by atoms with van der Waals surface area (Å²) < 4.78 is 49.0. The van der Waals surface area contributed by atoms with Crippen molar-refractivity contribution >= 4 is 39.3 Å². The molecule has 3 aromatic rings. The van der Waals surface area contributed by atoms with Crippen LogP contribution < -0.4 is 14.4 Å². The van der Waals surface area contributed by atoms with Crippen molar-refractivity contribution in [2.75, 3.05) is 30.3 Å². The van der Waals surface area contributed by atoms with Crippen LogP contribution in [0.2, 0.25) is 0 Å². The molecule has 0 aliphatic heterocycles. The molecule has 11 heteroatoms. The van der Waals surface area contributed by atoms with Crippen LogP contribution in [-0.2, 0) is 26.2 Å². The number of hydrogen-bond acceptors (Lipinski definition) is 6. The molecule has 0 radical (unpaired) electrons. The van der Waals surface area contributed by atoms with Gasteiger partial charge in [-0.3, -0.25) is 13.9 Å². The van der Waals surface area contributed by atoms with E-state index < -0.39 is 40.2 Å². The van der Waals surface area contributed by atoms with Crippen molar-refractivity contribution < 1.29 is 27.1 Å². The van der Waals surface area contributed by atoms with E-state index in [4.69, 9.17) is 4.74 Å². The van der Waals surface area contributed by atoms with E-state index >= 15 is 0 Å². The standard InChI is InChI=1S/C30H36FN3O5S2/c1-5-19-32-30(36)22(3)33(20-23-9-7-8-10-28(23)31)29(35)21-34(24-11-13-25(14-12-24)39-6-2)41(37,38)27-17-15-26(40-4)16-18-27/h7-18,22H,5-6,19-21H2,1-4H3,(H,32,36). The lowest BCUT2D eigenvalue weighted by Gasteiger charge is -2.32. The lowest BCUT2D eigenvalue weighted by Crippen LogP contribution is -2.51. The molecule has 220 valence electrons. The molecular formula is C30H36FN3O5S2. The van der Waals surface area contributed by atoms with E-state index in [0.29, 0.717) is 25.3 Å². The van der Waals surface area contributed by atoms with Crippen molar-refractivity contribution in [3.63, 3.8) is 0 Å². The van der Waals surface area contributed by atoms with E-state index in [0.717, 1.165) is 9.20 Å². The first-order chi connectivity index (χ1) is 19.6. The predicted molar refractivity (Wildman–Crippen MR) is 160 cm³/mol. The summed E-state index contributed by atoms with van der Waals surface area (Å²) in [7, 11) is -4.21. The lowest BCUT2D eigenvalue weighted by atomic mass is 10.1. The number of halogens is 1. The average molecular weight is 602 g/mol. The Labute approximate surface area is 245 Å². The molecule has 1 unspecified atom stereocenters. The number of carbonyl (C=O) groups excluding carboxylic acids is 2. The molecule has 0 aromatic heterocycles. The van der Waals surface area contributed by atoms with Crippen LogP contribution in [0, 0.1) is 5.82 Å². The maximum Gasteiger partial charge on any atom is 0.264 e. The lowest BCUT2D eigenvalue weighted by molar-refractivity contribution is -0.139. The summed E-state index contributed by atoms with van der Waals surface area (Å²) in [6.45, 7) is 5.29. The van der Waals surface area contributed by atoms with Gasteiger partial charge in [-0.1, -0.05) is 25.1 Å². The molecule has 0 saturated heterocycles. The van der Waals surface area contributed by atoms with Gasteiger partial charge < -0.3 is 15.0 Å². The molecule has 3 rings (SSSR count). The van der Waals surface area contributed by atoms with E-state index in [1.807, 2.05) is 20.1 Å². The van der Waals surface area contributed by atoms with E-state index in [1.54, 1.807) is 49.4 Å². The summed E-state index contributed by atoms with van der Waals surface area (Å²) in [6, 6.07) is 17.7. The maximum atomic E-state index is 14.6. The molecule has 0 saturated carbocycles. The highest BCUT2D eigenvalue weighted by atomic mass is 32.2. The smallest absolute Gasteiger partial charge is 0.264 e. The number of thioether (sulfide) groups is 1. The molecule has 41 heavy (non-hydrogen) atoms. The molecule has 0 fully saturated rings. The molecular weight excluding hydrogens is 565 g/mol. The van der Waals surface area contributed by atoms with Gasteiger partial charge in [0, 0.05) is 23.5 Å². The van der Waals surface area contributed by atoms with Gasteiger partial charge in [-0.15, -0.1) is 11.8 Å². The minimum Gasteiger partial charge on any atom is -0.494 e. The van der Waals surface area contributed by atoms with Crippen LogP contribution in [0.15, 0.2) is 82.6 Å². The monoisotopic (exact) mass is 601 g/mol. The van der Waals surface area contributed by atoms with Crippen LogP contribution >= 0.6 is 11.8 Å². The molecule has 1 N–H and O–H groups in total. The normalized spacial score (nSPS) is 11.9. The van der Waals surface area contributed by atoms with Gasteiger partial charge in [0.15, 0.2) is 0 Å². The molecule has 8 nitrogen and oxygen atoms in total. The van der Waals surface area contributed by atoms with Gasteiger partial charge in [-0.25, -0.2) is 12.8 Å². The Bertz CT molecular complexity index is 1420. The van der Waals surface area contributed by atoms with Crippen molar-refractivity contribution in [3.8, 4) is 5.75 Å². The number of rotatable bonds is 14. The third-order valence-corrected chi connectivity index (χ3v) is 8.91. The second-order valence-corrected chi connectivity index (χ2v) is 11.9. The molecule has 0 bridgehead atoms. The van der Waals surface area contributed by atoms with Crippen LogP contribution in [0.3, 0.4) is 0 Å². The van der Waals surface area contributed by atoms with Gasteiger partial charge >= 0.3 is 0 Å². The average Bonchev–Trinajstić information content (AvgIpc) is 2.98. The quantitative estimate of drug-likeness (QED) is 0.259. The number of benzene rings is 3. The molecule has 2 amide bonds. The van der Waals surface area contributed by atoms with Gasteiger partial charge in [0.05, 0.1) is 17.2 Å². The Balaban J connectivity index is 2.03. The summed E-state index contributed by atoms with van der Waals surface area (Å²) in [4.78, 5) is 28.9. The molecule has 3 aromatic carbocycles. The summed E-state index contributed by atoms with van der Waals surface area (Å²) in [5.41, 5.74) is 0.448. The number of carbonyl (C=O) groups is 2. The Morgan fingerprint density at radius 2 is 1.66 bits per heavy atom. The number of ether oxygens (including phenoxy) is 1. The Kier molecular flexibility index (Phi) is 11.6.